The van der Waals surface area contributed by atoms with Gasteiger partial charge in [0.25, 0.3) is 12.5 Å². The third-order valence-corrected chi connectivity index (χ3v) is 5.11. The van der Waals surface area contributed by atoms with E-state index in [9.17, 15) is 4.39 Å². The average molecular weight is 443 g/mol. The number of carboxylic acid groups (broad SMARTS) is 1. The lowest BCUT2D eigenvalue weighted by Gasteiger charge is -2.26. The number of carbonyl (C=O) groups is 1. The Morgan fingerprint density at radius 3 is 2.48 bits per heavy atom. The van der Waals surface area contributed by atoms with Crippen LogP contribution in [0.3, 0.4) is 0 Å². The Bertz CT molecular complexity index is 1100. The summed E-state index contributed by atoms with van der Waals surface area (Å²) in [6.07, 6.45) is 0. The molecule has 1 atom stereocenters. The van der Waals surface area contributed by atoms with Gasteiger partial charge in [-0.1, -0.05) is 41.9 Å². The Labute approximate surface area is 183 Å². The number of hydrogen-bond donors (Lipinski definition) is 2. The maximum atomic E-state index is 14.4. The van der Waals surface area contributed by atoms with Gasteiger partial charge < -0.3 is 20.3 Å². The molecule has 0 fully saturated rings. The van der Waals surface area contributed by atoms with E-state index >= 15 is 0 Å². The first-order valence-corrected chi connectivity index (χ1v) is 9.58. The van der Waals surface area contributed by atoms with Gasteiger partial charge in [-0.3, -0.25) is 4.79 Å². The van der Waals surface area contributed by atoms with Crippen LogP contribution in [0.4, 0.5) is 4.39 Å². The predicted molar refractivity (Wildman–Crippen MR) is 117 cm³/mol. The van der Waals surface area contributed by atoms with Crippen LogP contribution in [-0.2, 0) is 15.1 Å². The van der Waals surface area contributed by atoms with E-state index in [1.807, 2.05) is 48.5 Å². The minimum atomic E-state index is -0.818. The third-order valence-electron chi connectivity index (χ3n) is 4.88. The highest BCUT2D eigenvalue weighted by Crippen LogP contribution is 2.40. The molecule has 0 aromatic heterocycles. The fraction of sp³-hybridized carbons (Fsp3) is 0.130. The van der Waals surface area contributed by atoms with Gasteiger partial charge in [0.15, 0.2) is 5.54 Å². The van der Waals surface area contributed by atoms with Gasteiger partial charge >= 0.3 is 0 Å². The largest absolute Gasteiger partial charge is 0.497 e. The van der Waals surface area contributed by atoms with E-state index in [4.69, 9.17) is 36.7 Å². The van der Waals surface area contributed by atoms with Crippen molar-refractivity contribution in [3.8, 4) is 16.9 Å². The van der Waals surface area contributed by atoms with Crippen LogP contribution in [0.15, 0.2) is 71.7 Å². The number of amidine groups is 1. The summed E-state index contributed by atoms with van der Waals surface area (Å²) >= 11 is 6.07. The molecule has 1 unspecified atom stereocenters. The molecule has 1 aliphatic rings. The Kier molecular flexibility index (Phi) is 6.77. The van der Waals surface area contributed by atoms with E-state index in [-0.39, 0.29) is 24.9 Å². The lowest BCUT2D eigenvalue weighted by molar-refractivity contribution is -0.122. The summed E-state index contributed by atoms with van der Waals surface area (Å²) in [7, 11) is 1.61. The van der Waals surface area contributed by atoms with Crippen molar-refractivity contribution in [2.45, 2.75) is 5.54 Å². The molecule has 0 aliphatic carbocycles. The highest BCUT2D eigenvalue weighted by Gasteiger charge is 2.40. The number of methoxy groups -OCH3 is 1. The number of nitrogens with two attached hydrogens (primary N) is 1. The zero-order valence-corrected chi connectivity index (χ0v) is 17.3. The van der Waals surface area contributed by atoms with Crippen molar-refractivity contribution in [2.75, 3.05) is 13.7 Å². The minimum Gasteiger partial charge on any atom is -0.497 e. The van der Waals surface area contributed by atoms with Crippen molar-refractivity contribution < 1.29 is 23.8 Å². The molecule has 0 amide bonds. The summed E-state index contributed by atoms with van der Waals surface area (Å²) in [5, 5.41) is 7.36. The smallest absolute Gasteiger partial charge is 0.290 e. The average Bonchev–Trinajstić information content (AvgIpc) is 3.19. The molecule has 1 heterocycles. The van der Waals surface area contributed by atoms with Crippen LogP contribution in [0, 0.1) is 5.82 Å². The number of benzene rings is 3. The highest BCUT2D eigenvalue weighted by atomic mass is 35.5. The van der Waals surface area contributed by atoms with E-state index in [0.29, 0.717) is 16.1 Å². The molecule has 0 saturated carbocycles. The van der Waals surface area contributed by atoms with E-state index < -0.39 is 5.54 Å². The third kappa shape index (κ3) is 4.62. The monoisotopic (exact) mass is 442 g/mol. The van der Waals surface area contributed by atoms with Crippen LogP contribution < -0.4 is 10.5 Å². The van der Waals surface area contributed by atoms with Crippen LogP contribution in [0.25, 0.3) is 11.1 Å². The lowest BCUT2D eigenvalue weighted by Crippen LogP contribution is -2.27. The molecule has 0 bridgehead atoms. The molecule has 0 radical (unpaired) electrons. The van der Waals surface area contributed by atoms with Crippen molar-refractivity contribution in [2.24, 2.45) is 10.7 Å². The van der Waals surface area contributed by atoms with E-state index in [1.165, 1.54) is 12.1 Å². The minimum absolute atomic E-state index is 0.121. The Morgan fingerprint density at radius 2 is 1.87 bits per heavy atom. The zero-order chi connectivity index (χ0) is 22.4. The first-order valence-electron chi connectivity index (χ1n) is 9.20. The second-order valence-electron chi connectivity index (χ2n) is 6.64. The normalized spacial score (nSPS) is 17.1. The van der Waals surface area contributed by atoms with E-state index in [1.54, 1.807) is 13.2 Å². The Hall–Kier alpha value is -3.58. The Balaban J connectivity index is 0.000000858. The second-order valence-corrected chi connectivity index (χ2v) is 7.07. The fourth-order valence-corrected chi connectivity index (χ4v) is 3.60. The number of hydrogen-bond acceptors (Lipinski definition) is 5. The van der Waals surface area contributed by atoms with Crippen molar-refractivity contribution in [3.05, 3.63) is 88.7 Å². The lowest BCUT2D eigenvalue weighted by atomic mass is 9.83. The summed E-state index contributed by atoms with van der Waals surface area (Å²) in [5.41, 5.74) is 7.91. The number of ether oxygens (including phenoxy) is 2. The van der Waals surface area contributed by atoms with Gasteiger partial charge in [0.1, 0.15) is 18.2 Å². The second kappa shape index (κ2) is 9.49. The molecule has 31 heavy (non-hydrogen) atoms. The molecule has 0 saturated heterocycles. The SMILES string of the molecule is COc1ccc(C2(c3cccc(-c4cc(Cl)ccc4F)c3)COC(N)=N2)cc1.O=CO. The van der Waals surface area contributed by atoms with Gasteiger partial charge in [-0.15, -0.1) is 0 Å². The van der Waals surface area contributed by atoms with Crippen LogP contribution in [-0.4, -0.2) is 31.3 Å². The summed E-state index contributed by atoms with van der Waals surface area (Å²) < 4.78 is 25.2. The molecule has 8 heteroatoms. The molecule has 6 nitrogen and oxygen atoms in total. The molecule has 3 aromatic rings. The number of nitrogens with zero attached hydrogens (tertiary/aromatic N) is 1. The fourth-order valence-electron chi connectivity index (χ4n) is 3.42. The zero-order valence-electron chi connectivity index (χ0n) is 16.6. The molecule has 0 spiro atoms. The molecule has 1 aliphatic heterocycles. The topological polar surface area (TPSA) is 94.1 Å². The first kappa shape index (κ1) is 22.1. The van der Waals surface area contributed by atoms with Crippen LogP contribution >= 0.6 is 11.6 Å². The quantitative estimate of drug-likeness (QED) is 0.582. The van der Waals surface area contributed by atoms with E-state index in [2.05, 4.69) is 4.99 Å². The van der Waals surface area contributed by atoms with E-state index in [0.717, 1.165) is 16.9 Å². The van der Waals surface area contributed by atoms with Crippen molar-refractivity contribution in [1.82, 2.24) is 0 Å². The van der Waals surface area contributed by atoms with Gasteiger partial charge in [0.05, 0.1) is 7.11 Å². The van der Waals surface area contributed by atoms with Gasteiger partial charge in [-0.05, 0) is 53.1 Å². The maximum absolute atomic E-state index is 14.4. The van der Waals surface area contributed by atoms with Crippen LogP contribution in [0.5, 0.6) is 5.75 Å². The number of halogens is 2. The van der Waals surface area contributed by atoms with Crippen molar-refractivity contribution >= 4 is 24.1 Å². The summed E-state index contributed by atoms with van der Waals surface area (Å²) in [5.74, 6) is 0.398. The van der Waals surface area contributed by atoms with Gasteiger partial charge in [0.2, 0.25) is 0 Å². The first-order chi connectivity index (χ1) is 14.9. The Morgan fingerprint density at radius 1 is 1.16 bits per heavy atom. The summed E-state index contributed by atoms with van der Waals surface area (Å²) in [4.78, 5) is 13.0. The molecule has 3 N–H and O–H groups in total. The van der Waals surface area contributed by atoms with Gasteiger partial charge in [-0.2, -0.15) is 0 Å². The molecule has 160 valence electrons. The summed E-state index contributed by atoms with van der Waals surface area (Å²) in [6.45, 7) is 0.00659. The maximum Gasteiger partial charge on any atom is 0.290 e. The molecule has 4 rings (SSSR count). The van der Waals surface area contributed by atoms with Gasteiger partial charge in [-0.25, -0.2) is 9.38 Å². The predicted octanol–water partition coefficient (Wildman–Crippen LogP) is 4.44. The van der Waals surface area contributed by atoms with Crippen LogP contribution in [0.2, 0.25) is 5.02 Å². The van der Waals surface area contributed by atoms with Crippen molar-refractivity contribution in [1.29, 1.82) is 0 Å². The molecular weight excluding hydrogens is 423 g/mol. The standard InChI is InChI=1S/C22H18ClFN2O2.CH2O2/c1-27-18-8-5-15(6-9-18)22(13-28-21(25)26-22)16-4-2-3-14(11-16)19-12-17(23)7-10-20(19)24;2-1-3/h2-12H,13H2,1H3,(H2,25,26);1H,(H,2,3). The number of aliphatic imine (C=N–C) groups is 1. The van der Waals surface area contributed by atoms with Crippen LogP contribution in [0.1, 0.15) is 11.1 Å². The number of rotatable bonds is 4. The summed E-state index contributed by atoms with van der Waals surface area (Å²) in [6, 6.07) is 19.7. The van der Waals surface area contributed by atoms with Crippen molar-refractivity contribution in [3.63, 3.8) is 0 Å². The molecule has 3 aromatic carbocycles. The highest BCUT2D eigenvalue weighted by molar-refractivity contribution is 6.30. The molecular formula is C23H20ClFN2O4. The van der Waals surface area contributed by atoms with Gasteiger partial charge in [0, 0.05) is 10.6 Å².